The van der Waals surface area contributed by atoms with Crippen molar-refractivity contribution in [3.05, 3.63) is 23.8 Å². The molecule has 1 heterocycles. The molecule has 1 atom stereocenters. The number of methoxy groups -OCH3 is 1. The predicted molar refractivity (Wildman–Crippen MR) is 96.6 cm³/mol. The minimum Gasteiger partial charge on any atom is -0.495 e. The number of nitrogens with one attached hydrogen (secondary N) is 1. The van der Waals surface area contributed by atoms with E-state index in [0.29, 0.717) is 18.8 Å². The maximum Gasteiger partial charge on any atom is 0.227 e. The Labute approximate surface area is 148 Å². The van der Waals surface area contributed by atoms with Crippen molar-refractivity contribution in [1.82, 2.24) is 5.32 Å². The van der Waals surface area contributed by atoms with Gasteiger partial charge in [0.2, 0.25) is 11.8 Å². The van der Waals surface area contributed by atoms with Gasteiger partial charge in [0.25, 0.3) is 0 Å². The molecule has 6 nitrogen and oxygen atoms in total. The monoisotopic (exact) mass is 345 g/mol. The van der Waals surface area contributed by atoms with Gasteiger partial charge in [-0.3, -0.25) is 9.59 Å². The van der Waals surface area contributed by atoms with Gasteiger partial charge in [-0.2, -0.15) is 0 Å². The Morgan fingerprint density at radius 2 is 2.12 bits per heavy atom. The van der Waals surface area contributed by atoms with Gasteiger partial charge >= 0.3 is 0 Å². The van der Waals surface area contributed by atoms with Gasteiger partial charge in [-0.1, -0.05) is 18.9 Å². The highest BCUT2D eigenvalue weighted by atomic mass is 16.5. The Hall–Kier alpha value is -2.08. The summed E-state index contributed by atoms with van der Waals surface area (Å²) < 4.78 is 5.39. The first kappa shape index (κ1) is 17.7. The van der Waals surface area contributed by atoms with Gasteiger partial charge in [0.15, 0.2) is 0 Å². The minimum absolute atomic E-state index is 0.0442. The molecule has 0 radical (unpaired) electrons. The minimum atomic E-state index is -0.346. The Morgan fingerprint density at radius 3 is 2.76 bits per heavy atom. The summed E-state index contributed by atoms with van der Waals surface area (Å²) in [6.07, 6.45) is 4.25. The lowest BCUT2D eigenvalue weighted by Gasteiger charge is -2.30. The number of amides is 2. The summed E-state index contributed by atoms with van der Waals surface area (Å²) in [5, 5.41) is 3.14. The molecule has 3 rings (SSSR count). The number of benzene rings is 1. The summed E-state index contributed by atoms with van der Waals surface area (Å²) in [6.45, 7) is 2.80. The molecule has 0 spiro atoms. The lowest BCUT2D eigenvalue weighted by atomic mass is 9.96. The first-order valence-electron chi connectivity index (χ1n) is 8.95. The van der Waals surface area contributed by atoms with Gasteiger partial charge in [0.1, 0.15) is 5.75 Å². The van der Waals surface area contributed by atoms with Crippen molar-refractivity contribution in [3.63, 3.8) is 0 Å². The Morgan fingerprint density at radius 1 is 1.40 bits per heavy atom. The van der Waals surface area contributed by atoms with Gasteiger partial charge in [-0.25, -0.2) is 0 Å². The van der Waals surface area contributed by atoms with Crippen LogP contribution in [0.5, 0.6) is 5.75 Å². The molecule has 1 unspecified atom stereocenters. The highest BCUT2D eigenvalue weighted by molar-refractivity contribution is 6.01. The molecule has 25 heavy (non-hydrogen) atoms. The fourth-order valence-corrected chi connectivity index (χ4v) is 3.92. The third-order valence-electron chi connectivity index (χ3n) is 5.46. The molecule has 1 saturated heterocycles. The Balaban J connectivity index is 1.74. The number of anilines is 1. The van der Waals surface area contributed by atoms with E-state index in [0.717, 1.165) is 36.9 Å². The van der Waals surface area contributed by atoms with Crippen LogP contribution in [-0.4, -0.2) is 37.6 Å². The highest BCUT2D eigenvalue weighted by Gasteiger charge is 2.40. The van der Waals surface area contributed by atoms with Crippen LogP contribution >= 0.6 is 0 Å². The van der Waals surface area contributed by atoms with Gasteiger partial charge < -0.3 is 20.7 Å². The van der Waals surface area contributed by atoms with E-state index in [1.165, 1.54) is 0 Å². The third kappa shape index (κ3) is 3.49. The summed E-state index contributed by atoms with van der Waals surface area (Å²) in [7, 11) is 1.59. The molecule has 1 aliphatic carbocycles. The van der Waals surface area contributed by atoms with Crippen LogP contribution in [-0.2, 0) is 9.59 Å². The first-order valence-corrected chi connectivity index (χ1v) is 8.95. The second-order valence-corrected chi connectivity index (χ2v) is 7.26. The quantitative estimate of drug-likeness (QED) is 0.851. The van der Waals surface area contributed by atoms with E-state index < -0.39 is 0 Å². The average Bonchev–Trinajstić information content (AvgIpc) is 3.22. The molecule has 2 aliphatic rings. The summed E-state index contributed by atoms with van der Waals surface area (Å²) in [6, 6.07) is 5.72. The number of hydrogen-bond donors (Lipinski definition) is 2. The zero-order chi connectivity index (χ0) is 18.0. The standard InChI is InChI=1S/C19H27N3O3/c1-13-5-6-16(25-2)15(9-13)22-11-14(10-17(22)23)18(24)21-19(12-20)7-3-4-8-19/h5-6,9,14H,3-4,7-8,10-12,20H2,1-2H3,(H,21,24). The molecule has 1 aromatic carbocycles. The SMILES string of the molecule is COc1ccc(C)cc1N1CC(C(=O)NC2(CN)CCCC2)CC1=O. The number of aryl methyl sites for hydroxylation is 1. The second-order valence-electron chi connectivity index (χ2n) is 7.26. The third-order valence-corrected chi connectivity index (χ3v) is 5.46. The van der Waals surface area contributed by atoms with Crippen LogP contribution in [0.4, 0.5) is 5.69 Å². The van der Waals surface area contributed by atoms with Crippen molar-refractivity contribution >= 4 is 17.5 Å². The lowest BCUT2D eigenvalue weighted by Crippen LogP contribution is -2.53. The number of rotatable bonds is 5. The van der Waals surface area contributed by atoms with Crippen molar-refractivity contribution in [1.29, 1.82) is 0 Å². The van der Waals surface area contributed by atoms with E-state index in [-0.39, 0.29) is 29.7 Å². The second kappa shape index (κ2) is 7.04. The zero-order valence-electron chi connectivity index (χ0n) is 15.0. The van der Waals surface area contributed by atoms with Crippen molar-refractivity contribution in [2.45, 2.75) is 44.6 Å². The molecular formula is C19H27N3O3. The first-order chi connectivity index (χ1) is 12.0. The summed E-state index contributed by atoms with van der Waals surface area (Å²) >= 11 is 0. The number of ether oxygens (including phenoxy) is 1. The molecule has 6 heteroatoms. The Kier molecular flexibility index (Phi) is 4.99. The summed E-state index contributed by atoms with van der Waals surface area (Å²) in [5.41, 5.74) is 7.40. The van der Waals surface area contributed by atoms with Crippen molar-refractivity contribution in [2.75, 3.05) is 25.1 Å². The number of nitrogens with zero attached hydrogens (tertiary/aromatic N) is 1. The van der Waals surface area contributed by atoms with Crippen LogP contribution < -0.4 is 20.7 Å². The zero-order valence-corrected chi connectivity index (χ0v) is 15.0. The molecular weight excluding hydrogens is 318 g/mol. The Bertz CT molecular complexity index is 668. The van der Waals surface area contributed by atoms with Crippen LogP contribution in [0.3, 0.4) is 0 Å². The van der Waals surface area contributed by atoms with Gasteiger partial charge in [-0.15, -0.1) is 0 Å². The van der Waals surface area contributed by atoms with Gasteiger partial charge in [0.05, 0.1) is 24.3 Å². The van der Waals surface area contributed by atoms with E-state index in [2.05, 4.69) is 5.32 Å². The predicted octanol–water partition coefficient (Wildman–Crippen LogP) is 1.74. The fraction of sp³-hybridized carbons (Fsp3) is 0.579. The fourth-order valence-electron chi connectivity index (χ4n) is 3.92. The molecule has 1 saturated carbocycles. The van der Waals surface area contributed by atoms with Crippen LogP contribution in [0, 0.1) is 12.8 Å². The van der Waals surface area contributed by atoms with Crippen LogP contribution in [0.25, 0.3) is 0 Å². The van der Waals surface area contributed by atoms with E-state index in [1.54, 1.807) is 12.0 Å². The normalized spacial score (nSPS) is 22.3. The molecule has 0 aromatic heterocycles. The van der Waals surface area contributed by atoms with E-state index in [1.807, 2.05) is 25.1 Å². The molecule has 2 fully saturated rings. The number of nitrogens with two attached hydrogens (primary N) is 1. The largest absolute Gasteiger partial charge is 0.495 e. The maximum atomic E-state index is 12.7. The number of carbonyl (C=O) groups is 2. The van der Waals surface area contributed by atoms with Gasteiger partial charge in [-0.05, 0) is 37.5 Å². The van der Waals surface area contributed by atoms with E-state index in [4.69, 9.17) is 10.5 Å². The van der Waals surface area contributed by atoms with Crippen LogP contribution in [0.15, 0.2) is 18.2 Å². The molecule has 1 aromatic rings. The van der Waals surface area contributed by atoms with Crippen molar-refractivity contribution in [2.24, 2.45) is 11.7 Å². The highest BCUT2D eigenvalue weighted by Crippen LogP contribution is 2.35. The smallest absolute Gasteiger partial charge is 0.227 e. The molecule has 2 amide bonds. The number of hydrogen-bond acceptors (Lipinski definition) is 4. The molecule has 0 bridgehead atoms. The molecule has 3 N–H and O–H groups in total. The van der Waals surface area contributed by atoms with Crippen molar-refractivity contribution < 1.29 is 14.3 Å². The summed E-state index contributed by atoms with van der Waals surface area (Å²) in [4.78, 5) is 26.9. The summed E-state index contributed by atoms with van der Waals surface area (Å²) in [5.74, 6) is 0.197. The molecule has 136 valence electrons. The van der Waals surface area contributed by atoms with Crippen molar-refractivity contribution in [3.8, 4) is 5.75 Å². The van der Waals surface area contributed by atoms with E-state index >= 15 is 0 Å². The van der Waals surface area contributed by atoms with Crippen LogP contribution in [0.1, 0.15) is 37.7 Å². The number of carbonyl (C=O) groups excluding carboxylic acids is 2. The average molecular weight is 345 g/mol. The van der Waals surface area contributed by atoms with Crippen LogP contribution in [0.2, 0.25) is 0 Å². The lowest BCUT2D eigenvalue weighted by molar-refractivity contribution is -0.127. The van der Waals surface area contributed by atoms with Gasteiger partial charge in [0, 0.05) is 19.5 Å². The topological polar surface area (TPSA) is 84.7 Å². The molecule has 1 aliphatic heterocycles. The van der Waals surface area contributed by atoms with E-state index in [9.17, 15) is 9.59 Å². The maximum absolute atomic E-state index is 12.7.